The molecular weight excluding hydrogens is 264 g/mol. The minimum absolute atomic E-state index is 0.708. The Balaban J connectivity index is 1.49. The first-order valence-electron chi connectivity index (χ1n) is 6.97. The molecule has 108 valence electrons. The number of hydrogen-bond donors (Lipinski definition) is 1. The van der Waals surface area contributed by atoms with Crippen molar-refractivity contribution in [1.82, 2.24) is 30.1 Å². The smallest absolute Gasteiger partial charge is 0.0969 e. The van der Waals surface area contributed by atoms with Crippen LogP contribution in [-0.4, -0.2) is 31.3 Å². The van der Waals surface area contributed by atoms with Crippen molar-refractivity contribution in [3.8, 4) is 5.69 Å². The molecule has 2 aromatic heterocycles. The van der Waals surface area contributed by atoms with Crippen molar-refractivity contribution in [2.45, 2.75) is 13.0 Å². The van der Waals surface area contributed by atoms with Crippen molar-refractivity contribution in [3.63, 3.8) is 0 Å². The van der Waals surface area contributed by atoms with Gasteiger partial charge in [-0.05, 0) is 18.2 Å². The third-order valence-corrected chi connectivity index (χ3v) is 3.16. The first kappa shape index (κ1) is 13.5. The quantitative estimate of drug-likeness (QED) is 0.693. The Kier molecular flexibility index (Phi) is 4.07. The van der Waals surface area contributed by atoms with E-state index in [4.69, 9.17) is 0 Å². The molecule has 0 aliphatic rings. The Morgan fingerprint density at radius 2 is 1.90 bits per heavy atom. The minimum atomic E-state index is 0.708. The third kappa shape index (κ3) is 3.55. The summed E-state index contributed by atoms with van der Waals surface area (Å²) in [4.78, 5) is 1.65. The van der Waals surface area contributed by atoms with Gasteiger partial charge < -0.3 is 5.32 Å². The molecule has 0 aliphatic carbocycles. The van der Waals surface area contributed by atoms with Crippen molar-refractivity contribution in [1.29, 1.82) is 0 Å². The molecular formula is C15H18N6. The van der Waals surface area contributed by atoms with Crippen LogP contribution in [0.1, 0.15) is 11.4 Å². The Hall–Kier alpha value is -2.47. The predicted octanol–water partition coefficient (Wildman–Crippen LogP) is 1.33. The molecule has 0 atom stereocenters. The van der Waals surface area contributed by atoms with E-state index in [1.807, 2.05) is 54.3 Å². The molecule has 6 nitrogen and oxygen atoms in total. The molecule has 0 fully saturated rings. The van der Waals surface area contributed by atoms with Crippen LogP contribution in [0.25, 0.3) is 5.69 Å². The van der Waals surface area contributed by atoms with E-state index in [-0.39, 0.29) is 0 Å². The van der Waals surface area contributed by atoms with Crippen molar-refractivity contribution in [2.75, 3.05) is 6.54 Å². The van der Waals surface area contributed by atoms with Gasteiger partial charge in [0.2, 0.25) is 0 Å². The van der Waals surface area contributed by atoms with Gasteiger partial charge in [-0.2, -0.15) is 20.1 Å². The van der Waals surface area contributed by atoms with Gasteiger partial charge in [0.1, 0.15) is 0 Å². The monoisotopic (exact) mass is 282 g/mol. The lowest BCUT2D eigenvalue weighted by Crippen LogP contribution is -2.17. The molecule has 0 bridgehead atoms. The average Bonchev–Trinajstić information content (AvgIpc) is 3.14. The maximum atomic E-state index is 4.45. The molecule has 0 aliphatic heterocycles. The fourth-order valence-corrected chi connectivity index (χ4v) is 2.09. The number of hydrogen-bond acceptors (Lipinski definition) is 4. The van der Waals surface area contributed by atoms with Crippen LogP contribution in [0.2, 0.25) is 0 Å². The van der Waals surface area contributed by atoms with E-state index in [1.165, 1.54) is 0 Å². The van der Waals surface area contributed by atoms with E-state index < -0.39 is 0 Å². The fourth-order valence-electron chi connectivity index (χ4n) is 2.09. The molecule has 21 heavy (non-hydrogen) atoms. The van der Waals surface area contributed by atoms with Crippen LogP contribution < -0.4 is 5.32 Å². The van der Waals surface area contributed by atoms with Crippen molar-refractivity contribution < 1.29 is 0 Å². The van der Waals surface area contributed by atoms with Crippen molar-refractivity contribution >= 4 is 0 Å². The van der Waals surface area contributed by atoms with Crippen LogP contribution in [0.15, 0.2) is 48.8 Å². The zero-order valence-corrected chi connectivity index (χ0v) is 12.0. The summed E-state index contributed by atoms with van der Waals surface area (Å²) in [5.41, 5.74) is 3.00. The molecule has 0 amide bonds. The first-order chi connectivity index (χ1) is 10.3. The Morgan fingerprint density at radius 3 is 2.67 bits per heavy atom. The number of nitrogens with one attached hydrogen (secondary N) is 1. The zero-order valence-electron chi connectivity index (χ0n) is 12.0. The number of para-hydroxylation sites is 1. The van der Waals surface area contributed by atoms with E-state index in [0.717, 1.165) is 30.0 Å². The lowest BCUT2D eigenvalue weighted by atomic mass is 10.3. The van der Waals surface area contributed by atoms with E-state index in [9.17, 15) is 0 Å². The van der Waals surface area contributed by atoms with Gasteiger partial charge in [0.25, 0.3) is 0 Å². The largest absolute Gasteiger partial charge is 0.311 e. The molecule has 0 saturated heterocycles. The highest BCUT2D eigenvalue weighted by Crippen LogP contribution is 2.04. The van der Waals surface area contributed by atoms with E-state index in [0.29, 0.717) is 6.54 Å². The van der Waals surface area contributed by atoms with Crippen molar-refractivity contribution in [3.05, 3.63) is 60.2 Å². The summed E-state index contributed by atoms with van der Waals surface area (Å²) in [6.45, 7) is 1.58. The van der Waals surface area contributed by atoms with E-state index in [2.05, 4.69) is 20.6 Å². The Labute approximate surface area is 123 Å². The van der Waals surface area contributed by atoms with E-state index in [1.54, 1.807) is 11.0 Å². The number of benzene rings is 1. The lowest BCUT2D eigenvalue weighted by Gasteiger charge is -2.00. The van der Waals surface area contributed by atoms with Gasteiger partial charge >= 0.3 is 0 Å². The molecule has 0 saturated carbocycles. The standard InChI is InChI=1S/C15H18N6/c1-20-10-8-13(18-20)7-9-16-11-14-12-17-21(19-14)15-5-3-2-4-6-15/h2-6,8,10,12,16H,7,9,11H2,1H3. The van der Waals surface area contributed by atoms with Gasteiger partial charge in [-0.1, -0.05) is 18.2 Å². The van der Waals surface area contributed by atoms with Crippen LogP contribution in [0.5, 0.6) is 0 Å². The lowest BCUT2D eigenvalue weighted by molar-refractivity contribution is 0.647. The van der Waals surface area contributed by atoms with Gasteiger partial charge in [0, 0.05) is 32.8 Å². The SMILES string of the molecule is Cn1ccc(CCNCc2cnn(-c3ccccc3)n2)n1. The summed E-state index contributed by atoms with van der Waals surface area (Å²) < 4.78 is 1.82. The second-order valence-electron chi connectivity index (χ2n) is 4.87. The van der Waals surface area contributed by atoms with Crippen LogP contribution in [-0.2, 0) is 20.0 Å². The summed E-state index contributed by atoms with van der Waals surface area (Å²) >= 11 is 0. The molecule has 1 aromatic carbocycles. The predicted molar refractivity (Wildman–Crippen MR) is 80.0 cm³/mol. The molecule has 3 rings (SSSR count). The molecule has 2 heterocycles. The first-order valence-corrected chi connectivity index (χ1v) is 6.97. The van der Waals surface area contributed by atoms with Crippen LogP contribution in [0.3, 0.4) is 0 Å². The summed E-state index contributed by atoms with van der Waals surface area (Å²) in [5.74, 6) is 0. The fraction of sp³-hybridized carbons (Fsp3) is 0.267. The highest BCUT2D eigenvalue weighted by molar-refractivity contribution is 5.28. The molecule has 0 spiro atoms. The topological polar surface area (TPSA) is 60.6 Å². The summed E-state index contributed by atoms with van der Waals surface area (Å²) in [5, 5.41) is 16.4. The molecule has 1 N–H and O–H groups in total. The molecule has 3 aromatic rings. The average molecular weight is 282 g/mol. The van der Waals surface area contributed by atoms with E-state index >= 15 is 0 Å². The number of aryl methyl sites for hydroxylation is 1. The van der Waals surface area contributed by atoms with Crippen LogP contribution in [0.4, 0.5) is 0 Å². The van der Waals surface area contributed by atoms with Crippen molar-refractivity contribution in [2.24, 2.45) is 7.05 Å². The highest BCUT2D eigenvalue weighted by Gasteiger charge is 2.02. The number of rotatable bonds is 6. The van der Waals surface area contributed by atoms with Crippen LogP contribution >= 0.6 is 0 Å². The Morgan fingerprint density at radius 1 is 1.05 bits per heavy atom. The van der Waals surface area contributed by atoms with Gasteiger partial charge in [-0.3, -0.25) is 4.68 Å². The number of nitrogens with zero attached hydrogens (tertiary/aromatic N) is 5. The zero-order chi connectivity index (χ0) is 14.5. The summed E-state index contributed by atoms with van der Waals surface area (Å²) in [6.07, 6.45) is 4.66. The summed E-state index contributed by atoms with van der Waals surface area (Å²) in [7, 11) is 1.93. The van der Waals surface area contributed by atoms with Crippen LogP contribution in [0, 0.1) is 0 Å². The molecule has 6 heteroatoms. The third-order valence-electron chi connectivity index (χ3n) is 3.16. The molecule has 0 radical (unpaired) electrons. The van der Waals surface area contributed by atoms with Gasteiger partial charge in [0.05, 0.1) is 23.3 Å². The number of aromatic nitrogens is 5. The second kappa shape index (κ2) is 6.32. The van der Waals surface area contributed by atoms with Gasteiger partial charge in [-0.15, -0.1) is 0 Å². The maximum Gasteiger partial charge on any atom is 0.0969 e. The summed E-state index contributed by atoms with van der Waals surface area (Å²) in [6, 6.07) is 11.9. The van der Waals surface area contributed by atoms with Gasteiger partial charge in [0.15, 0.2) is 0 Å². The maximum absolute atomic E-state index is 4.45. The normalized spacial score (nSPS) is 10.9. The second-order valence-corrected chi connectivity index (χ2v) is 4.87. The Bertz CT molecular complexity index is 685. The van der Waals surface area contributed by atoms with Gasteiger partial charge in [-0.25, -0.2) is 0 Å². The minimum Gasteiger partial charge on any atom is -0.311 e. The molecule has 0 unspecified atom stereocenters. The highest BCUT2D eigenvalue weighted by atomic mass is 15.5.